The minimum absolute atomic E-state index is 0.0434. The summed E-state index contributed by atoms with van der Waals surface area (Å²) in [6.45, 7) is 2.05. The van der Waals surface area contributed by atoms with Gasteiger partial charge in [-0.2, -0.15) is 0 Å². The third kappa shape index (κ3) is 2.82. The van der Waals surface area contributed by atoms with Crippen molar-refractivity contribution < 1.29 is 9.59 Å². The van der Waals surface area contributed by atoms with Crippen LogP contribution in [0.1, 0.15) is 77.6 Å². The fourth-order valence-corrected chi connectivity index (χ4v) is 4.56. The number of nitrogens with one attached hydrogen (secondary N) is 1. The largest absolute Gasteiger partial charge is 0.342 e. The average molecular weight is 292 g/mol. The van der Waals surface area contributed by atoms with Crippen LogP contribution in [0.2, 0.25) is 0 Å². The van der Waals surface area contributed by atoms with Crippen molar-refractivity contribution in [3.63, 3.8) is 0 Å². The molecule has 1 spiro atoms. The van der Waals surface area contributed by atoms with Gasteiger partial charge in [0.1, 0.15) is 5.54 Å². The summed E-state index contributed by atoms with van der Waals surface area (Å²) in [6.07, 6.45) is 11.4. The Bertz CT molecular complexity index is 409. The highest BCUT2D eigenvalue weighted by Crippen LogP contribution is 2.35. The second kappa shape index (κ2) is 5.98. The maximum atomic E-state index is 13.3. The zero-order valence-corrected chi connectivity index (χ0v) is 13.2. The number of carbonyl (C=O) groups excluding carboxylic acids is 2. The van der Waals surface area contributed by atoms with E-state index in [0.717, 1.165) is 38.5 Å². The Morgan fingerprint density at radius 1 is 1.00 bits per heavy atom. The summed E-state index contributed by atoms with van der Waals surface area (Å²) in [4.78, 5) is 27.6. The van der Waals surface area contributed by atoms with Gasteiger partial charge in [0.05, 0.1) is 0 Å². The molecule has 1 N–H and O–H groups in total. The smallest absolute Gasteiger partial charge is 0.248 e. The first kappa shape index (κ1) is 14.9. The Morgan fingerprint density at radius 3 is 2.29 bits per heavy atom. The van der Waals surface area contributed by atoms with Crippen molar-refractivity contribution in [2.45, 2.75) is 95.2 Å². The molecular formula is C17H28N2O2. The van der Waals surface area contributed by atoms with Gasteiger partial charge in [-0.25, -0.2) is 0 Å². The maximum Gasteiger partial charge on any atom is 0.248 e. The first-order valence-corrected chi connectivity index (χ1v) is 8.76. The lowest BCUT2D eigenvalue weighted by Gasteiger charge is -2.43. The van der Waals surface area contributed by atoms with Crippen molar-refractivity contribution >= 4 is 11.8 Å². The van der Waals surface area contributed by atoms with Gasteiger partial charge >= 0.3 is 0 Å². The molecule has 2 amide bonds. The van der Waals surface area contributed by atoms with Crippen LogP contribution in [0.15, 0.2) is 0 Å². The van der Waals surface area contributed by atoms with E-state index in [9.17, 15) is 9.59 Å². The van der Waals surface area contributed by atoms with Crippen LogP contribution >= 0.6 is 0 Å². The molecule has 1 heterocycles. The summed E-state index contributed by atoms with van der Waals surface area (Å²) < 4.78 is 0. The van der Waals surface area contributed by atoms with E-state index in [2.05, 4.69) is 10.2 Å². The lowest BCUT2D eigenvalue weighted by atomic mass is 9.79. The quantitative estimate of drug-likeness (QED) is 0.808. The zero-order valence-electron chi connectivity index (χ0n) is 13.2. The van der Waals surface area contributed by atoms with E-state index in [0.29, 0.717) is 12.5 Å². The van der Waals surface area contributed by atoms with Crippen molar-refractivity contribution in [2.24, 2.45) is 0 Å². The monoisotopic (exact) mass is 292 g/mol. The van der Waals surface area contributed by atoms with E-state index >= 15 is 0 Å². The van der Waals surface area contributed by atoms with Crippen LogP contribution in [-0.4, -0.2) is 34.3 Å². The third-order valence-electron chi connectivity index (χ3n) is 5.65. The summed E-state index contributed by atoms with van der Waals surface area (Å²) in [6, 6.07) is 0.398. The molecule has 3 fully saturated rings. The van der Waals surface area contributed by atoms with Crippen molar-refractivity contribution in [3.05, 3.63) is 0 Å². The van der Waals surface area contributed by atoms with Crippen LogP contribution in [0.25, 0.3) is 0 Å². The molecule has 0 bridgehead atoms. The van der Waals surface area contributed by atoms with Gasteiger partial charge in [-0.3, -0.25) is 9.59 Å². The van der Waals surface area contributed by atoms with Crippen LogP contribution in [0, 0.1) is 0 Å². The normalized spacial score (nSPS) is 31.1. The lowest BCUT2D eigenvalue weighted by Crippen LogP contribution is -2.60. The molecule has 4 heteroatoms. The van der Waals surface area contributed by atoms with Gasteiger partial charge in [0, 0.05) is 18.5 Å². The number of hydrogen-bond donors (Lipinski definition) is 1. The molecule has 3 aliphatic rings. The fourth-order valence-electron chi connectivity index (χ4n) is 4.56. The molecule has 0 aromatic rings. The molecule has 1 unspecified atom stereocenters. The molecule has 0 aromatic heterocycles. The van der Waals surface area contributed by atoms with Gasteiger partial charge in [-0.1, -0.05) is 38.5 Å². The van der Waals surface area contributed by atoms with Gasteiger partial charge in [-0.05, 0) is 32.6 Å². The Labute approximate surface area is 127 Å². The second-order valence-corrected chi connectivity index (χ2v) is 7.25. The lowest BCUT2D eigenvalue weighted by molar-refractivity contribution is -0.144. The number of amides is 2. The van der Waals surface area contributed by atoms with Crippen molar-refractivity contribution in [1.82, 2.24) is 10.2 Å². The van der Waals surface area contributed by atoms with Gasteiger partial charge in [0.15, 0.2) is 0 Å². The fraction of sp³-hybridized carbons (Fsp3) is 0.882. The molecule has 1 saturated heterocycles. The first-order chi connectivity index (χ1) is 10.1. The third-order valence-corrected chi connectivity index (χ3v) is 5.65. The maximum absolute atomic E-state index is 13.3. The average Bonchev–Trinajstić information content (AvgIpc) is 2.56. The topological polar surface area (TPSA) is 49.4 Å². The summed E-state index contributed by atoms with van der Waals surface area (Å²) in [5, 5.41) is 3.11. The van der Waals surface area contributed by atoms with Gasteiger partial charge < -0.3 is 10.2 Å². The molecule has 118 valence electrons. The Kier molecular flexibility index (Phi) is 4.23. The van der Waals surface area contributed by atoms with E-state index in [4.69, 9.17) is 0 Å². The van der Waals surface area contributed by atoms with Crippen LogP contribution in [-0.2, 0) is 9.59 Å². The summed E-state index contributed by atoms with van der Waals surface area (Å²) >= 11 is 0. The number of nitrogens with zero attached hydrogens (tertiary/aromatic N) is 1. The van der Waals surface area contributed by atoms with Crippen molar-refractivity contribution in [3.8, 4) is 0 Å². The number of rotatable bonds is 1. The highest BCUT2D eigenvalue weighted by Gasteiger charge is 2.48. The van der Waals surface area contributed by atoms with E-state index in [-0.39, 0.29) is 17.9 Å². The van der Waals surface area contributed by atoms with Crippen molar-refractivity contribution in [2.75, 3.05) is 0 Å². The first-order valence-electron chi connectivity index (χ1n) is 8.76. The van der Waals surface area contributed by atoms with Gasteiger partial charge in [0.2, 0.25) is 11.8 Å². The molecule has 2 saturated carbocycles. The van der Waals surface area contributed by atoms with E-state index in [1.807, 2.05) is 6.92 Å². The SMILES string of the molecule is CC1CC(=O)NC2(CCCCC2)C(=O)N1C1CCCCC1. The molecular weight excluding hydrogens is 264 g/mol. The zero-order chi connectivity index (χ0) is 14.9. The molecule has 2 aliphatic carbocycles. The van der Waals surface area contributed by atoms with Crippen LogP contribution < -0.4 is 5.32 Å². The van der Waals surface area contributed by atoms with Gasteiger partial charge in [0.25, 0.3) is 0 Å². The summed E-state index contributed by atoms with van der Waals surface area (Å²) in [7, 11) is 0. The summed E-state index contributed by atoms with van der Waals surface area (Å²) in [5.74, 6) is 0.281. The van der Waals surface area contributed by atoms with Crippen LogP contribution in [0.4, 0.5) is 0 Å². The molecule has 0 radical (unpaired) electrons. The molecule has 0 aromatic carbocycles. The minimum Gasteiger partial charge on any atom is -0.342 e. The molecule has 1 aliphatic heterocycles. The highest BCUT2D eigenvalue weighted by atomic mass is 16.2. The number of hydrogen-bond acceptors (Lipinski definition) is 2. The Morgan fingerprint density at radius 2 is 1.62 bits per heavy atom. The van der Waals surface area contributed by atoms with E-state index in [1.165, 1.54) is 25.7 Å². The predicted octanol–water partition coefficient (Wildman–Crippen LogP) is 2.76. The van der Waals surface area contributed by atoms with Gasteiger partial charge in [-0.15, -0.1) is 0 Å². The van der Waals surface area contributed by atoms with Crippen LogP contribution in [0.5, 0.6) is 0 Å². The molecule has 3 rings (SSSR count). The molecule has 21 heavy (non-hydrogen) atoms. The summed E-state index contributed by atoms with van der Waals surface area (Å²) in [5.41, 5.74) is -0.586. The van der Waals surface area contributed by atoms with E-state index in [1.54, 1.807) is 0 Å². The van der Waals surface area contributed by atoms with Crippen molar-refractivity contribution in [1.29, 1.82) is 0 Å². The number of carbonyl (C=O) groups is 2. The predicted molar refractivity (Wildman–Crippen MR) is 81.8 cm³/mol. The minimum atomic E-state index is -0.586. The Balaban J connectivity index is 1.88. The second-order valence-electron chi connectivity index (χ2n) is 7.25. The Hall–Kier alpha value is -1.06. The van der Waals surface area contributed by atoms with Crippen LogP contribution in [0.3, 0.4) is 0 Å². The van der Waals surface area contributed by atoms with E-state index < -0.39 is 5.54 Å². The molecule has 4 nitrogen and oxygen atoms in total. The standard InChI is InChI=1S/C17H28N2O2/c1-13-12-15(20)18-17(10-6-3-7-11-17)16(21)19(13)14-8-4-2-5-9-14/h13-14H,2-12H2,1H3,(H,18,20). The molecule has 1 atom stereocenters. The highest BCUT2D eigenvalue weighted by molar-refractivity contribution is 5.94.